The summed E-state index contributed by atoms with van der Waals surface area (Å²) in [4.78, 5) is 3.84. The fourth-order valence-corrected chi connectivity index (χ4v) is 0.734. The molecule has 0 bridgehead atoms. The van der Waals surface area contributed by atoms with Gasteiger partial charge in [-0.2, -0.15) is 0 Å². The minimum atomic E-state index is 0.0978. The number of hydrazine groups is 1. The number of aliphatic imine (C=N–C) groups is 1. The normalized spacial score (nSPS) is 11.2. The van der Waals surface area contributed by atoms with E-state index in [0.717, 1.165) is 0 Å². The van der Waals surface area contributed by atoms with E-state index in [-0.39, 0.29) is 11.7 Å². The minimum absolute atomic E-state index is 0.0978. The topological polar surface area (TPSA) is 96.7 Å². The van der Waals surface area contributed by atoms with Crippen LogP contribution in [0.4, 0.5) is 5.69 Å². The first-order chi connectivity index (χ1) is 5.72. The van der Waals surface area contributed by atoms with Crippen LogP contribution in [-0.2, 0) is 0 Å². The monoisotopic (exact) mass is 166 g/mol. The fourth-order valence-electron chi connectivity index (χ4n) is 0.734. The molecule has 5 nitrogen and oxygen atoms in total. The number of aromatic hydroxyl groups is 1. The first kappa shape index (κ1) is 8.35. The number of nitrogens with two attached hydrogens (primary N) is 2. The SMILES string of the molecule is NNC(N)=Nc1cccc(O)c1. The zero-order valence-electron chi connectivity index (χ0n) is 6.36. The minimum Gasteiger partial charge on any atom is -0.508 e. The van der Waals surface area contributed by atoms with Crippen LogP contribution in [0.3, 0.4) is 0 Å². The molecule has 0 amide bonds. The molecule has 64 valence electrons. The lowest BCUT2D eigenvalue weighted by atomic mass is 10.3. The van der Waals surface area contributed by atoms with Crippen LogP contribution in [0.1, 0.15) is 0 Å². The highest BCUT2D eigenvalue weighted by molar-refractivity contribution is 5.80. The van der Waals surface area contributed by atoms with Gasteiger partial charge in [0.1, 0.15) is 5.75 Å². The average Bonchev–Trinajstić information content (AvgIpc) is 2.04. The third-order valence-electron chi connectivity index (χ3n) is 1.23. The molecule has 1 aromatic carbocycles. The van der Waals surface area contributed by atoms with Gasteiger partial charge in [-0.05, 0) is 12.1 Å². The van der Waals surface area contributed by atoms with E-state index in [1.54, 1.807) is 18.2 Å². The van der Waals surface area contributed by atoms with Crippen LogP contribution in [0.2, 0.25) is 0 Å². The Balaban J connectivity index is 2.89. The summed E-state index contributed by atoms with van der Waals surface area (Å²) < 4.78 is 0. The van der Waals surface area contributed by atoms with E-state index in [1.807, 2.05) is 0 Å². The lowest BCUT2D eigenvalue weighted by molar-refractivity contribution is 0.475. The van der Waals surface area contributed by atoms with Gasteiger partial charge in [-0.1, -0.05) is 6.07 Å². The summed E-state index contributed by atoms with van der Waals surface area (Å²) in [6.45, 7) is 0. The predicted molar refractivity (Wildman–Crippen MR) is 46.7 cm³/mol. The van der Waals surface area contributed by atoms with Gasteiger partial charge in [-0.15, -0.1) is 0 Å². The summed E-state index contributed by atoms with van der Waals surface area (Å²) >= 11 is 0. The van der Waals surface area contributed by atoms with Crippen molar-refractivity contribution >= 4 is 11.6 Å². The molecule has 0 aliphatic rings. The van der Waals surface area contributed by atoms with Crippen molar-refractivity contribution in [3.05, 3.63) is 24.3 Å². The van der Waals surface area contributed by atoms with Gasteiger partial charge in [0.25, 0.3) is 0 Å². The van der Waals surface area contributed by atoms with Crippen molar-refractivity contribution in [2.75, 3.05) is 0 Å². The predicted octanol–water partition coefficient (Wildman–Crippen LogP) is -0.198. The molecule has 1 aromatic rings. The molecule has 0 aromatic heterocycles. The number of guanidine groups is 1. The van der Waals surface area contributed by atoms with Crippen molar-refractivity contribution in [3.63, 3.8) is 0 Å². The molecule has 12 heavy (non-hydrogen) atoms. The third-order valence-corrected chi connectivity index (χ3v) is 1.23. The van der Waals surface area contributed by atoms with Crippen molar-refractivity contribution in [2.24, 2.45) is 16.6 Å². The molecule has 5 heteroatoms. The Kier molecular flexibility index (Phi) is 2.49. The second-order valence-electron chi connectivity index (χ2n) is 2.16. The number of phenolic OH excluding ortho intramolecular Hbond substituents is 1. The Bertz CT molecular complexity index is 297. The van der Waals surface area contributed by atoms with Crippen LogP contribution in [-0.4, -0.2) is 11.1 Å². The molecule has 0 aliphatic carbocycles. The quantitative estimate of drug-likeness (QED) is 0.201. The molecule has 0 heterocycles. The smallest absolute Gasteiger partial charge is 0.208 e. The van der Waals surface area contributed by atoms with E-state index in [2.05, 4.69) is 10.4 Å². The first-order valence-corrected chi connectivity index (χ1v) is 3.32. The van der Waals surface area contributed by atoms with Crippen molar-refractivity contribution < 1.29 is 5.11 Å². The molecule has 0 fully saturated rings. The van der Waals surface area contributed by atoms with E-state index >= 15 is 0 Å². The zero-order valence-corrected chi connectivity index (χ0v) is 6.36. The highest BCUT2D eigenvalue weighted by Gasteiger charge is 1.92. The van der Waals surface area contributed by atoms with Gasteiger partial charge in [0, 0.05) is 6.07 Å². The summed E-state index contributed by atoms with van der Waals surface area (Å²) in [5.74, 6) is 5.23. The number of nitrogens with one attached hydrogen (secondary N) is 1. The van der Waals surface area contributed by atoms with Crippen LogP contribution < -0.4 is 17.0 Å². The number of hydrogen-bond acceptors (Lipinski definition) is 3. The largest absolute Gasteiger partial charge is 0.508 e. The molecule has 6 N–H and O–H groups in total. The molecular formula is C7H10N4O. The number of rotatable bonds is 1. The van der Waals surface area contributed by atoms with Crippen LogP contribution in [0, 0.1) is 0 Å². The molecule has 0 spiro atoms. The molecule has 0 radical (unpaired) electrons. The third kappa shape index (κ3) is 2.14. The molecule has 0 aliphatic heterocycles. The van der Waals surface area contributed by atoms with E-state index in [1.165, 1.54) is 6.07 Å². The Hall–Kier alpha value is -1.75. The van der Waals surface area contributed by atoms with Gasteiger partial charge in [-0.25, -0.2) is 10.8 Å². The Morgan fingerprint density at radius 2 is 2.25 bits per heavy atom. The highest BCUT2D eigenvalue weighted by Crippen LogP contribution is 2.17. The zero-order chi connectivity index (χ0) is 8.97. The van der Waals surface area contributed by atoms with E-state index in [9.17, 15) is 0 Å². The molecule has 0 atom stereocenters. The second kappa shape index (κ2) is 3.59. The summed E-state index contributed by atoms with van der Waals surface area (Å²) in [7, 11) is 0. The lowest BCUT2D eigenvalue weighted by Crippen LogP contribution is -2.36. The van der Waals surface area contributed by atoms with Crippen molar-refractivity contribution in [1.29, 1.82) is 0 Å². The lowest BCUT2D eigenvalue weighted by Gasteiger charge is -1.98. The molecule has 0 saturated heterocycles. The molecule has 0 unspecified atom stereocenters. The van der Waals surface area contributed by atoms with Gasteiger partial charge >= 0.3 is 0 Å². The van der Waals surface area contributed by atoms with Crippen molar-refractivity contribution in [3.8, 4) is 5.75 Å². The van der Waals surface area contributed by atoms with Gasteiger partial charge in [0.05, 0.1) is 5.69 Å². The molecule has 0 saturated carbocycles. The molecule has 1 rings (SSSR count). The maximum Gasteiger partial charge on any atom is 0.208 e. The maximum absolute atomic E-state index is 9.04. The van der Waals surface area contributed by atoms with E-state index in [0.29, 0.717) is 5.69 Å². The average molecular weight is 166 g/mol. The number of nitrogens with zero attached hydrogens (tertiary/aromatic N) is 1. The standard InChI is InChI=1S/C7H10N4O/c8-7(11-9)10-5-2-1-3-6(12)4-5/h1-4,12H,9H2,(H3,8,10,11). The summed E-state index contributed by atoms with van der Waals surface area (Å²) in [5, 5.41) is 9.04. The Morgan fingerprint density at radius 3 is 2.83 bits per heavy atom. The van der Waals surface area contributed by atoms with Gasteiger partial charge in [0.2, 0.25) is 5.96 Å². The summed E-state index contributed by atoms with van der Waals surface area (Å²) in [6, 6.07) is 6.39. The Morgan fingerprint density at radius 1 is 1.50 bits per heavy atom. The number of hydrogen-bond donors (Lipinski definition) is 4. The number of phenols is 1. The van der Waals surface area contributed by atoms with Crippen LogP contribution in [0.25, 0.3) is 0 Å². The van der Waals surface area contributed by atoms with Crippen molar-refractivity contribution in [1.82, 2.24) is 5.43 Å². The first-order valence-electron chi connectivity index (χ1n) is 3.32. The summed E-state index contributed by atoms with van der Waals surface area (Å²) in [6.07, 6.45) is 0. The Labute approximate surface area is 69.7 Å². The number of benzene rings is 1. The van der Waals surface area contributed by atoms with Crippen LogP contribution in [0.15, 0.2) is 29.3 Å². The van der Waals surface area contributed by atoms with Gasteiger partial charge in [-0.3, -0.25) is 5.43 Å². The summed E-state index contributed by atoms with van der Waals surface area (Å²) in [5.41, 5.74) is 8.01. The van der Waals surface area contributed by atoms with Gasteiger partial charge in [0.15, 0.2) is 0 Å². The maximum atomic E-state index is 9.04. The van der Waals surface area contributed by atoms with Crippen LogP contribution >= 0.6 is 0 Å². The second-order valence-corrected chi connectivity index (χ2v) is 2.16. The molecular weight excluding hydrogens is 156 g/mol. The van der Waals surface area contributed by atoms with Crippen LogP contribution in [0.5, 0.6) is 5.75 Å². The van der Waals surface area contributed by atoms with Gasteiger partial charge < -0.3 is 10.8 Å². The fraction of sp³-hybridized carbons (Fsp3) is 0. The van der Waals surface area contributed by atoms with E-state index < -0.39 is 0 Å². The van der Waals surface area contributed by atoms with E-state index in [4.69, 9.17) is 16.7 Å². The highest BCUT2D eigenvalue weighted by atomic mass is 16.3. The van der Waals surface area contributed by atoms with Crippen molar-refractivity contribution in [2.45, 2.75) is 0 Å².